The van der Waals surface area contributed by atoms with Gasteiger partial charge in [-0.1, -0.05) is 30.9 Å². The Balaban J connectivity index is 4.78. The topological polar surface area (TPSA) is 47.6 Å². The summed E-state index contributed by atoms with van der Waals surface area (Å²) in [6, 6.07) is 3.58. The minimum Gasteiger partial charge on any atom is -0.192 e. The lowest BCUT2D eigenvalue weighted by atomic mass is 10.1. The van der Waals surface area contributed by atoms with E-state index in [-0.39, 0.29) is 5.57 Å². The molecule has 0 aliphatic rings. The zero-order chi connectivity index (χ0) is 10.1. The van der Waals surface area contributed by atoms with Crippen LogP contribution in [0, 0.1) is 22.7 Å². The Kier molecular flexibility index (Phi) is 5.59. The maximum atomic E-state index is 8.48. The van der Waals surface area contributed by atoms with Gasteiger partial charge in [-0.05, 0) is 18.6 Å². The van der Waals surface area contributed by atoms with Crippen LogP contribution in [0.25, 0.3) is 0 Å². The molecule has 0 amide bonds. The summed E-state index contributed by atoms with van der Waals surface area (Å²) in [5.41, 5.74) is 0.916. The third-order valence-electron chi connectivity index (χ3n) is 1.31. The SMILES string of the molecule is C=C/C=C\C(C=C(C#N)C#N)=C/C. The van der Waals surface area contributed by atoms with Gasteiger partial charge in [0.05, 0.1) is 0 Å². The lowest BCUT2D eigenvalue weighted by Gasteiger charge is -1.89. The first kappa shape index (κ1) is 10.9. The molecule has 0 rings (SSSR count). The van der Waals surface area contributed by atoms with Gasteiger partial charge in [-0.15, -0.1) is 0 Å². The molecule has 2 heteroatoms. The Morgan fingerprint density at radius 3 is 2.31 bits per heavy atom. The van der Waals surface area contributed by atoms with Gasteiger partial charge in [-0.3, -0.25) is 0 Å². The van der Waals surface area contributed by atoms with Gasteiger partial charge < -0.3 is 0 Å². The van der Waals surface area contributed by atoms with E-state index in [1.165, 1.54) is 6.08 Å². The van der Waals surface area contributed by atoms with Gasteiger partial charge in [0, 0.05) is 0 Å². The third kappa shape index (κ3) is 4.40. The molecule has 0 saturated heterocycles. The van der Waals surface area contributed by atoms with Crippen molar-refractivity contribution in [1.82, 2.24) is 0 Å². The minimum atomic E-state index is 0.0989. The van der Waals surface area contributed by atoms with Gasteiger partial charge in [-0.2, -0.15) is 10.5 Å². The zero-order valence-electron chi connectivity index (χ0n) is 7.49. The summed E-state index contributed by atoms with van der Waals surface area (Å²) in [5.74, 6) is 0. The molecular formula is C11H10N2. The number of nitriles is 2. The highest BCUT2D eigenvalue weighted by molar-refractivity contribution is 5.45. The van der Waals surface area contributed by atoms with Crippen molar-refractivity contribution in [2.75, 3.05) is 0 Å². The second kappa shape index (κ2) is 6.64. The van der Waals surface area contributed by atoms with E-state index in [4.69, 9.17) is 10.5 Å². The molecule has 13 heavy (non-hydrogen) atoms. The van der Waals surface area contributed by atoms with Gasteiger partial charge in [0.25, 0.3) is 0 Å². The first-order valence-corrected chi connectivity index (χ1v) is 3.75. The van der Waals surface area contributed by atoms with Crippen molar-refractivity contribution in [2.24, 2.45) is 0 Å². The van der Waals surface area contributed by atoms with Crippen LogP contribution in [0.1, 0.15) is 6.92 Å². The summed E-state index contributed by atoms with van der Waals surface area (Å²) in [4.78, 5) is 0. The predicted octanol–water partition coefficient (Wildman–Crippen LogP) is 2.65. The molecule has 0 bridgehead atoms. The van der Waals surface area contributed by atoms with E-state index in [0.717, 1.165) is 5.57 Å². The fraction of sp³-hybridized carbons (Fsp3) is 0.0909. The molecule has 0 spiro atoms. The van der Waals surface area contributed by atoms with E-state index < -0.39 is 0 Å². The number of nitrogens with zero attached hydrogens (tertiary/aromatic N) is 2. The second-order valence-electron chi connectivity index (χ2n) is 2.17. The van der Waals surface area contributed by atoms with Gasteiger partial charge in [-0.25, -0.2) is 0 Å². The summed E-state index contributed by atoms with van der Waals surface area (Å²) in [6.45, 7) is 5.36. The highest BCUT2D eigenvalue weighted by Crippen LogP contribution is 2.03. The molecular weight excluding hydrogens is 160 g/mol. The molecule has 0 aromatic rings. The first-order chi connectivity index (χ1) is 6.28. The Morgan fingerprint density at radius 2 is 1.92 bits per heavy atom. The number of allylic oxidation sites excluding steroid dienone is 7. The normalized spacial score (nSPS) is 10.2. The molecule has 0 N–H and O–H groups in total. The van der Waals surface area contributed by atoms with Crippen molar-refractivity contribution < 1.29 is 0 Å². The fourth-order valence-electron chi connectivity index (χ4n) is 0.663. The highest BCUT2D eigenvalue weighted by atomic mass is 14.3. The summed E-state index contributed by atoms with van der Waals surface area (Å²) in [7, 11) is 0. The standard InChI is InChI=1S/C11H10N2/c1-3-5-6-10(4-2)7-11(8-12)9-13/h3-7H,1H2,2H3/b6-5-,10-4+. The van der Waals surface area contributed by atoms with Gasteiger partial charge in [0.2, 0.25) is 0 Å². The molecule has 0 aliphatic heterocycles. The zero-order valence-corrected chi connectivity index (χ0v) is 7.49. The third-order valence-corrected chi connectivity index (χ3v) is 1.31. The van der Waals surface area contributed by atoms with Crippen molar-refractivity contribution >= 4 is 0 Å². The van der Waals surface area contributed by atoms with E-state index in [1.807, 2.05) is 13.0 Å². The van der Waals surface area contributed by atoms with E-state index in [0.29, 0.717) is 0 Å². The van der Waals surface area contributed by atoms with Crippen molar-refractivity contribution in [1.29, 1.82) is 10.5 Å². The quantitative estimate of drug-likeness (QED) is 0.483. The molecule has 0 heterocycles. The Hall–Kier alpha value is -2.06. The highest BCUT2D eigenvalue weighted by Gasteiger charge is 1.91. The molecule has 0 radical (unpaired) electrons. The maximum Gasteiger partial charge on any atom is 0.130 e. The average molecular weight is 170 g/mol. The lowest BCUT2D eigenvalue weighted by Crippen LogP contribution is -1.75. The number of hydrogen-bond acceptors (Lipinski definition) is 2. The summed E-state index contributed by atoms with van der Waals surface area (Å²) < 4.78 is 0. The second-order valence-corrected chi connectivity index (χ2v) is 2.17. The van der Waals surface area contributed by atoms with Gasteiger partial charge in [0.1, 0.15) is 17.7 Å². The molecule has 0 atom stereocenters. The summed E-state index contributed by atoms with van der Waals surface area (Å²) >= 11 is 0. The van der Waals surface area contributed by atoms with E-state index in [9.17, 15) is 0 Å². The van der Waals surface area contributed by atoms with Crippen LogP contribution >= 0.6 is 0 Å². The largest absolute Gasteiger partial charge is 0.192 e. The van der Waals surface area contributed by atoms with E-state index >= 15 is 0 Å². The molecule has 2 nitrogen and oxygen atoms in total. The molecule has 0 fully saturated rings. The van der Waals surface area contributed by atoms with Crippen LogP contribution in [0.5, 0.6) is 0 Å². The Bertz CT molecular complexity index is 327. The monoisotopic (exact) mass is 170 g/mol. The molecule has 0 aromatic heterocycles. The van der Waals surface area contributed by atoms with Gasteiger partial charge >= 0.3 is 0 Å². The van der Waals surface area contributed by atoms with Crippen molar-refractivity contribution in [3.8, 4) is 12.1 Å². The first-order valence-electron chi connectivity index (χ1n) is 3.75. The van der Waals surface area contributed by atoms with Crippen LogP contribution in [-0.2, 0) is 0 Å². The molecule has 64 valence electrons. The maximum absolute atomic E-state index is 8.48. The van der Waals surface area contributed by atoms with Gasteiger partial charge in [0.15, 0.2) is 0 Å². The molecule has 0 aromatic carbocycles. The van der Waals surface area contributed by atoms with Crippen LogP contribution in [0.2, 0.25) is 0 Å². The van der Waals surface area contributed by atoms with Crippen LogP contribution in [-0.4, -0.2) is 0 Å². The van der Waals surface area contributed by atoms with Crippen molar-refractivity contribution in [2.45, 2.75) is 6.92 Å². The van der Waals surface area contributed by atoms with Crippen molar-refractivity contribution in [3.63, 3.8) is 0 Å². The Morgan fingerprint density at radius 1 is 1.31 bits per heavy atom. The molecule has 0 unspecified atom stereocenters. The van der Waals surface area contributed by atoms with Crippen LogP contribution in [0.3, 0.4) is 0 Å². The number of hydrogen-bond donors (Lipinski definition) is 0. The fourth-order valence-corrected chi connectivity index (χ4v) is 0.663. The van der Waals surface area contributed by atoms with Crippen molar-refractivity contribution in [3.05, 3.63) is 48.1 Å². The van der Waals surface area contributed by atoms with Crippen LogP contribution in [0.4, 0.5) is 0 Å². The number of rotatable bonds is 3. The Labute approximate surface area is 78.4 Å². The predicted molar refractivity (Wildman–Crippen MR) is 52.4 cm³/mol. The van der Waals surface area contributed by atoms with Crippen LogP contribution < -0.4 is 0 Å². The smallest absolute Gasteiger partial charge is 0.130 e. The van der Waals surface area contributed by atoms with Crippen LogP contribution in [0.15, 0.2) is 48.1 Å². The molecule has 0 saturated carbocycles. The van der Waals surface area contributed by atoms with E-state index in [1.54, 1.807) is 30.4 Å². The lowest BCUT2D eigenvalue weighted by molar-refractivity contribution is 1.45. The molecule has 0 aliphatic carbocycles. The summed E-state index contributed by atoms with van der Waals surface area (Å²) in [5, 5.41) is 17.0. The summed E-state index contributed by atoms with van der Waals surface area (Å²) in [6.07, 6.45) is 8.50. The minimum absolute atomic E-state index is 0.0989. The average Bonchev–Trinajstić information content (AvgIpc) is 2.19. The van der Waals surface area contributed by atoms with E-state index in [2.05, 4.69) is 6.58 Å².